The Morgan fingerprint density at radius 2 is 1.88 bits per heavy atom. The Balaban J connectivity index is 1.89. The van der Waals surface area contributed by atoms with Crippen molar-refractivity contribution in [3.63, 3.8) is 0 Å². The highest BCUT2D eigenvalue weighted by Crippen LogP contribution is 2.18. The number of esters is 1. The zero-order valence-electron chi connectivity index (χ0n) is 15.5. The number of nitrogens with one attached hydrogen (secondary N) is 1. The van der Waals surface area contributed by atoms with Crippen molar-refractivity contribution in [2.45, 2.75) is 57.9 Å². The molecule has 0 radical (unpaired) electrons. The van der Waals surface area contributed by atoms with Crippen LogP contribution in [0.5, 0.6) is 0 Å². The average molecular weight is 354 g/mol. The number of amides is 1. The number of nitrogens with zero attached hydrogens (tertiary/aromatic N) is 1. The van der Waals surface area contributed by atoms with Gasteiger partial charge in [-0.3, -0.25) is 4.79 Å². The van der Waals surface area contributed by atoms with Gasteiger partial charge in [-0.25, -0.2) is 4.79 Å². The van der Waals surface area contributed by atoms with Gasteiger partial charge in [0.25, 0.3) is 5.91 Å². The van der Waals surface area contributed by atoms with Gasteiger partial charge in [0.05, 0.1) is 0 Å². The van der Waals surface area contributed by atoms with Crippen LogP contribution in [0.1, 0.15) is 63.0 Å². The molecule has 1 N–H and O–H groups in total. The van der Waals surface area contributed by atoms with Gasteiger partial charge in [-0.1, -0.05) is 57.4 Å². The van der Waals surface area contributed by atoms with Gasteiger partial charge in [-0.15, -0.1) is 0 Å². The molecule has 1 aromatic rings. The minimum atomic E-state index is -0.778. The maximum atomic E-state index is 12.1. The zero-order valence-corrected chi connectivity index (χ0v) is 15.5. The number of hydrogen-bond donors (Lipinski definition) is 1. The van der Waals surface area contributed by atoms with Gasteiger partial charge in [0.2, 0.25) is 0 Å². The Labute approximate surface area is 155 Å². The summed E-state index contributed by atoms with van der Waals surface area (Å²) in [5.74, 6) is -0.681. The van der Waals surface area contributed by atoms with Crippen LogP contribution in [0.15, 0.2) is 29.8 Å². The molecule has 0 unspecified atom stereocenters. The van der Waals surface area contributed by atoms with Crippen molar-refractivity contribution < 1.29 is 14.3 Å². The van der Waals surface area contributed by atoms with E-state index >= 15 is 0 Å². The fourth-order valence-corrected chi connectivity index (χ4v) is 3.01. The van der Waals surface area contributed by atoms with Gasteiger partial charge >= 0.3 is 5.97 Å². The number of carbonyl (C=O) groups excluding carboxylic acids is 2. The fraction of sp³-hybridized carbons (Fsp3) is 0.476. The summed E-state index contributed by atoms with van der Waals surface area (Å²) in [6.07, 6.45) is 6.84. The lowest BCUT2D eigenvalue weighted by Gasteiger charge is -2.22. The first kappa shape index (κ1) is 19.7. The van der Waals surface area contributed by atoms with Crippen LogP contribution >= 0.6 is 0 Å². The number of ether oxygens (including phenoxy) is 1. The molecule has 26 heavy (non-hydrogen) atoms. The molecule has 2 rings (SSSR count). The Hall–Kier alpha value is -2.61. The number of carbonyl (C=O) groups is 2. The van der Waals surface area contributed by atoms with Gasteiger partial charge < -0.3 is 10.1 Å². The molecule has 1 fully saturated rings. The Bertz CT molecular complexity index is 693. The molecule has 1 aromatic carbocycles. The number of hydrogen-bond acceptors (Lipinski definition) is 4. The van der Waals surface area contributed by atoms with Crippen molar-refractivity contribution in [1.29, 1.82) is 5.26 Å². The van der Waals surface area contributed by atoms with Crippen LogP contribution in [-0.4, -0.2) is 24.5 Å². The van der Waals surface area contributed by atoms with Crippen LogP contribution < -0.4 is 5.32 Å². The monoisotopic (exact) mass is 354 g/mol. The summed E-state index contributed by atoms with van der Waals surface area (Å²) in [7, 11) is 0. The summed E-state index contributed by atoms with van der Waals surface area (Å²) in [6, 6.07) is 9.66. The van der Waals surface area contributed by atoms with E-state index in [1.807, 2.05) is 30.3 Å². The summed E-state index contributed by atoms with van der Waals surface area (Å²) >= 11 is 0. The van der Waals surface area contributed by atoms with E-state index in [-0.39, 0.29) is 24.1 Å². The maximum Gasteiger partial charge on any atom is 0.349 e. The van der Waals surface area contributed by atoms with Crippen LogP contribution in [0.3, 0.4) is 0 Å². The van der Waals surface area contributed by atoms with Crippen LogP contribution in [0.25, 0.3) is 6.08 Å². The third-order valence-corrected chi connectivity index (χ3v) is 4.56. The molecule has 0 saturated heterocycles. The lowest BCUT2D eigenvalue weighted by atomic mass is 9.95. The van der Waals surface area contributed by atoms with E-state index < -0.39 is 5.97 Å². The second-order valence-corrected chi connectivity index (χ2v) is 6.97. The van der Waals surface area contributed by atoms with Crippen LogP contribution in [0.4, 0.5) is 0 Å². The second-order valence-electron chi connectivity index (χ2n) is 6.97. The molecule has 1 aliphatic rings. The van der Waals surface area contributed by atoms with Crippen molar-refractivity contribution >= 4 is 18.0 Å². The second kappa shape index (κ2) is 9.76. The first-order valence-electron chi connectivity index (χ1n) is 9.18. The van der Waals surface area contributed by atoms with E-state index in [4.69, 9.17) is 4.74 Å². The highest BCUT2D eigenvalue weighted by molar-refractivity contribution is 5.98. The summed E-state index contributed by atoms with van der Waals surface area (Å²) in [5, 5.41) is 12.1. The SMILES string of the molecule is CC(C)c1ccc(/C=C(\C#N)C(=O)OCC(=O)NC2CCCCC2)cc1. The van der Waals surface area contributed by atoms with E-state index in [0.717, 1.165) is 31.2 Å². The van der Waals surface area contributed by atoms with Crippen molar-refractivity contribution in [2.75, 3.05) is 6.61 Å². The molecule has 1 amide bonds. The fourth-order valence-electron chi connectivity index (χ4n) is 3.01. The summed E-state index contributed by atoms with van der Waals surface area (Å²) in [6.45, 7) is 3.84. The van der Waals surface area contributed by atoms with Crippen LogP contribution in [-0.2, 0) is 14.3 Å². The van der Waals surface area contributed by atoms with E-state index in [9.17, 15) is 14.9 Å². The molecule has 5 nitrogen and oxygen atoms in total. The predicted molar refractivity (Wildman–Crippen MR) is 100 cm³/mol. The molecule has 0 spiro atoms. The zero-order chi connectivity index (χ0) is 18.9. The van der Waals surface area contributed by atoms with E-state index in [0.29, 0.717) is 5.92 Å². The summed E-state index contributed by atoms with van der Waals surface area (Å²) in [5.41, 5.74) is 1.81. The smallest absolute Gasteiger partial charge is 0.349 e. The Kier molecular flexibility index (Phi) is 7.40. The average Bonchev–Trinajstić information content (AvgIpc) is 2.65. The first-order chi connectivity index (χ1) is 12.5. The third-order valence-electron chi connectivity index (χ3n) is 4.56. The van der Waals surface area contributed by atoms with Crippen LogP contribution in [0.2, 0.25) is 0 Å². The molecule has 1 aliphatic carbocycles. The van der Waals surface area contributed by atoms with Gasteiger partial charge in [0.15, 0.2) is 6.61 Å². The van der Waals surface area contributed by atoms with Gasteiger partial charge in [-0.05, 0) is 36.0 Å². The summed E-state index contributed by atoms with van der Waals surface area (Å²) < 4.78 is 4.99. The molecule has 0 bridgehead atoms. The van der Waals surface area contributed by atoms with Crippen molar-refractivity contribution in [2.24, 2.45) is 0 Å². The molecule has 0 atom stereocenters. The van der Waals surface area contributed by atoms with Gasteiger partial charge in [0.1, 0.15) is 11.6 Å². The maximum absolute atomic E-state index is 12.1. The topological polar surface area (TPSA) is 79.2 Å². The molecule has 0 aliphatic heterocycles. The van der Waals surface area contributed by atoms with E-state index in [2.05, 4.69) is 19.2 Å². The van der Waals surface area contributed by atoms with Crippen molar-refractivity contribution in [3.05, 3.63) is 41.0 Å². The highest BCUT2D eigenvalue weighted by Gasteiger charge is 2.18. The van der Waals surface area contributed by atoms with Gasteiger partial charge in [0, 0.05) is 6.04 Å². The molecule has 5 heteroatoms. The lowest BCUT2D eigenvalue weighted by molar-refractivity contribution is -0.144. The minimum absolute atomic E-state index is 0.118. The number of nitriles is 1. The lowest BCUT2D eigenvalue weighted by Crippen LogP contribution is -2.38. The number of benzene rings is 1. The molecule has 0 aromatic heterocycles. The minimum Gasteiger partial charge on any atom is -0.451 e. The molecule has 138 valence electrons. The molecular formula is C21H26N2O3. The third kappa shape index (κ3) is 6.03. The normalized spacial score (nSPS) is 15.4. The summed E-state index contributed by atoms with van der Waals surface area (Å²) in [4.78, 5) is 24.0. The van der Waals surface area contributed by atoms with E-state index in [1.165, 1.54) is 18.1 Å². The highest BCUT2D eigenvalue weighted by atomic mass is 16.5. The van der Waals surface area contributed by atoms with E-state index in [1.54, 1.807) is 0 Å². The standard InChI is InChI=1S/C21H26N2O3/c1-15(2)17-10-8-16(9-11-17)12-18(13-22)21(25)26-14-20(24)23-19-6-4-3-5-7-19/h8-12,15,19H,3-7,14H2,1-2H3,(H,23,24)/b18-12+. The van der Waals surface area contributed by atoms with Crippen LogP contribution in [0, 0.1) is 11.3 Å². The molecular weight excluding hydrogens is 328 g/mol. The first-order valence-corrected chi connectivity index (χ1v) is 9.18. The largest absolute Gasteiger partial charge is 0.451 e. The van der Waals surface area contributed by atoms with Crippen molar-refractivity contribution in [3.8, 4) is 6.07 Å². The number of rotatable bonds is 6. The molecule has 0 heterocycles. The Morgan fingerprint density at radius 3 is 2.46 bits per heavy atom. The van der Waals surface area contributed by atoms with Gasteiger partial charge in [-0.2, -0.15) is 5.26 Å². The van der Waals surface area contributed by atoms with Crippen molar-refractivity contribution in [1.82, 2.24) is 5.32 Å². The molecule has 1 saturated carbocycles. The predicted octanol–water partition coefficient (Wildman–Crippen LogP) is 3.71. The quantitative estimate of drug-likeness (QED) is 0.480. The Morgan fingerprint density at radius 1 is 1.23 bits per heavy atom.